The van der Waals surface area contributed by atoms with Crippen LogP contribution in [0.4, 0.5) is 0 Å². The van der Waals surface area contributed by atoms with Crippen molar-refractivity contribution in [2.45, 2.75) is 51.1 Å². The molecule has 3 aromatic heterocycles. The Morgan fingerprint density at radius 3 is 2.86 bits per heavy atom. The molecule has 0 unspecified atom stereocenters. The molecule has 182 valence electrons. The summed E-state index contributed by atoms with van der Waals surface area (Å²) in [6.07, 6.45) is -1.12. The van der Waals surface area contributed by atoms with E-state index in [2.05, 4.69) is 30.6 Å². The third kappa shape index (κ3) is 3.80. The van der Waals surface area contributed by atoms with Gasteiger partial charge in [-0.15, -0.1) is 5.10 Å². The van der Waals surface area contributed by atoms with Crippen molar-refractivity contribution >= 4 is 50.7 Å². The first kappa shape index (κ1) is 22.5. The molecule has 1 N–H and O–H groups in total. The number of para-hydroxylation sites is 1. The fourth-order valence-electron chi connectivity index (χ4n) is 4.40. The Morgan fingerprint density at radius 2 is 2.03 bits per heavy atom. The van der Waals surface area contributed by atoms with Crippen molar-refractivity contribution in [3.05, 3.63) is 34.4 Å². The number of amides is 1. The van der Waals surface area contributed by atoms with E-state index in [0.29, 0.717) is 32.6 Å². The maximum absolute atomic E-state index is 12.7. The number of carbonyl (C=O) groups is 1. The number of benzene rings is 1. The van der Waals surface area contributed by atoms with Crippen LogP contribution >= 0.6 is 22.6 Å². The van der Waals surface area contributed by atoms with E-state index in [-0.39, 0.29) is 11.8 Å². The molecule has 4 atom stereocenters. The molecule has 6 rings (SSSR count). The highest BCUT2D eigenvalue weighted by Crippen LogP contribution is 2.44. The number of rotatable bonds is 5. The predicted molar refractivity (Wildman–Crippen MR) is 128 cm³/mol. The van der Waals surface area contributed by atoms with Crippen molar-refractivity contribution in [3.8, 4) is 5.88 Å². The molecule has 0 saturated carbocycles. The lowest BCUT2D eigenvalue weighted by atomic mass is 10.1. The van der Waals surface area contributed by atoms with Crippen LogP contribution in [0.3, 0.4) is 0 Å². The third-order valence-corrected chi connectivity index (χ3v) is 6.25. The second-order valence-corrected chi connectivity index (χ2v) is 9.54. The normalized spacial score (nSPS) is 25.3. The summed E-state index contributed by atoms with van der Waals surface area (Å²) in [5.74, 6) is -0.931. The van der Waals surface area contributed by atoms with E-state index in [0.717, 1.165) is 0 Å². The zero-order chi connectivity index (χ0) is 24.3. The topological polar surface area (TPSA) is 140 Å². The van der Waals surface area contributed by atoms with Gasteiger partial charge in [-0.1, -0.05) is 17.0 Å². The minimum atomic E-state index is -0.871. The molecule has 1 amide bonds. The van der Waals surface area contributed by atoms with Crippen molar-refractivity contribution < 1.29 is 23.8 Å². The fourth-order valence-corrected chi connectivity index (χ4v) is 4.85. The van der Waals surface area contributed by atoms with Gasteiger partial charge in [-0.2, -0.15) is 4.98 Å². The largest absolute Gasteiger partial charge is 0.354 e. The van der Waals surface area contributed by atoms with E-state index >= 15 is 0 Å². The molecular weight excluding hydrogens is 571 g/mol. The number of aromatic nitrogens is 7. The lowest BCUT2D eigenvalue weighted by Crippen LogP contribution is -2.42. The Bertz CT molecular complexity index is 1440. The Hall–Kier alpha value is -2.95. The van der Waals surface area contributed by atoms with Gasteiger partial charge in [0.1, 0.15) is 23.2 Å². The van der Waals surface area contributed by atoms with Crippen molar-refractivity contribution in [1.29, 1.82) is 0 Å². The van der Waals surface area contributed by atoms with Gasteiger partial charge in [0, 0.05) is 29.1 Å². The van der Waals surface area contributed by atoms with Crippen LogP contribution in [-0.2, 0) is 19.0 Å². The van der Waals surface area contributed by atoms with Crippen molar-refractivity contribution in [2.24, 2.45) is 0 Å². The van der Waals surface area contributed by atoms with Gasteiger partial charge in [0.05, 0.1) is 6.33 Å². The fraction of sp³-hybridized carbons (Fsp3) is 0.429. The molecule has 0 bridgehead atoms. The summed E-state index contributed by atoms with van der Waals surface area (Å²) in [6.45, 7) is 5.94. The van der Waals surface area contributed by atoms with Crippen LogP contribution in [0.25, 0.3) is 22.2 Å². The first-order chi connectivity index (χ1) is 16.8. The van der Waals surface area contributed by atoms with E-state index in [1.165, 1.54) is 4.85 Å². The number of nitrogens with one attached hydrogen (secondary N) is 1. The summed E-state index contributed by atoms with van der Waals surface area (Å²) in [7, 11) is 0. The van der Waals surface area contributed by atoms with Gasteiger partial charge < -0.3 is 24.4 Å². The summed E-state index contributed by atoms with van der Waals surface area (Å²) in [6, 6.07) is 7.41. The number of fused-ring (bicyclic) bond motifs is 3. The third-order valence-electron chi connectivity index (χ3n) is 5.77. The molecule has 14 heteroatoms. The van der Waals surface area contributed by atoms with Gasteiger partial charge in [0.15, 0.2) is 33.1 Å². The van der Waals surface area contributed by atoms with Crippen LogP contribution < -0.4 is 10.2 Å². The molecule has 1 aromatic carbocycles. The smallest absolute Gasteiger partial charge is 0.280 e. The lowest BCUT2D eigenvalue weighted by Gasteiger charge is -2.24. The number of carbonyl (C=O) groups excluding carboxylic acids is 1. The number of nitrogens with zero attached hydrogens (tertiary/aromatic N) is 7. The summed E-state index contributed by atoms with van der Waals surface area (Å²) in [4.78, 5) is 33.4. The SMILES string of the molecule is CCNC(=O)[C@H]1O[C@@H](n2cnc3c(On4nnc5ccccc54)nc(I)nc32)[C@@H]2OC(C)(C)O[C@@H]21. The highest BCUT2D eigenvalue weighted by Gasteiger charge is 2.58. The molecular formula is C21H21IN8O5. The molecule has 2 saturated heterocycles. The van der Waals surface area contributed by atoms with Gasteiger partial charge in [-0.05, 0) is 38.1 Å². The molecule has 2 aliphatic rings. The van der Waals surface area contributed by atoms with Gasteiger partial charge in [0.25, 0.3) is 11.8 Å². The number of hydrogen-bond acceptors (Lipinski definition) is 10. The van der Waals surface area contributed by atoms with Crippen molar-refractivity contribution in [3.63, 3.8) is 0 Å². The number of imidazole rings is 1. The van der Waals surface area contributed by atoms with Gasteiger partial charge in [0.2, 0.25) is 0 Å². The van der Waals surface area contributed by atoms with E-state index in [1.54, 1.807) is 10.9 Å². The summed E-state index contributed by atoms with van der Waals surface area (Å²) < 4.78 is 20.5. The van der Waals surface area contributed by atoms with Gasteiger partial charge in [-0.25, -0.2) is 9.97 Å². The second-order valence-electron chi connectivity index (χ2n) is 8.57. The maximum atomic E-state index is 12.7. The average Bonchev–Trinajstić information content (AvgIpc) is 3.56. The Kier molecular flexibility index (Phi) is 5.35. The van der Waals surface area contributed by atoms with Crippen LogP contribution in [-0.4, -0.2) is 71.2 Å². The van der Waals surface area contributed by atoms with Crippen LogP contribution in [0.15, 0.2) is 30.6 Å². The van der Waals surface area contributed by atoms with Crippen molar-refractivity contribution in [2.75, 3.05) is 6.54 Å². The Balaban J connectivity index is 1.39. The molecule has 0 aliphatic carbocycles. The summed E-state index contributed by atoms with van der Waals surface area (Å²) in [5, 5.41) is 11.0. The highest BCUT2D eigenvalue weighted by molar-refractivity contribution is 14.1. The van der Waals surface area contributed by atoms with Crippen LogP contribution in [0.1, 0.15) is 27.0 Å². The minimum Gasteiger partial charge on any atom is -0.354 e. The van der Waals surface area contributed by atoms with Crippen molar-refractivity contribution in [1.82, 2.24) is 40.0 Å². The summed E-state index contributed by atoms with van der Waals surface area (Å²) in [5.41, 5.74) is 2.21. The van der Waals surface area contributed by atoms with E-state index in [4.69, 9.17) is 19.0 Å². The standard InChI is InChI=1S/C21H21IN8O5/c1-4-23-17(31)14-13-15(34-21(2,3)33-13)19(32-14)29-9-24-12-16(29)25-20(22)26-18(12)35-30-11-8-6-5-7-10(11)27-28-30/h5-9,13-15,19H,4H2,1-3H3,(H,23,31)/t13-,14+,15-,19-/m1/s1. The molecule has 0 radical (unpaired) electrons. The molecule has 0 spiro atoms. The molecule has 2 aliphatic heterocycles. The second kappa shape index (κ2) is 8.32. The molecule has 35 heavy (non-hydrogen) atoms. The number of likely N-dealkylation sites (N-methyl/N-ethyl adjacent to an activating group) is 1. The molecule has 2 fully saturated rings. The zero-order valence-corrected chi connectivity index (χ0v) is 21.1. The Labute approximate surface area is 212 Å². The number of hydrogen-bond donors (Lipinski definition) is 1. The number of ether oxygens (including phenoxy) is 3. The van der Waals surface area contributed by atoms with Gasteiger partial charge >= 0.3 is 0 Å². The minimum absolute atomic E-state index is 0.201. The number of halogens is 1. The predicted octanol–water partition coefficient (Wildman–Crippen LogP) is 1.57. The van der Waals surface area contributed by atoms with Crippen LogP contribution in [0, 0.1) is 3.83 Å². The lowest BCUT2D eigenvalue weighted by molar-refractivity contribution is -0.197. The highest BCUT2D eigenvalue weighted by atomic mass is 127. The summed E-state index contributed by atoms with van der Waals surface area (Å²) >= 11 is 2.00. The first-order valence-corrected chi connectivity index (χ1v) is 12.1. The van der Waals surface area contributed by atoms with Crippen LogP contribution in [0.5, 0.6) is 5.88 Å². The zero-order valence-electron chi connectivity index (χ0n) is 19.0. The molecule has 13 nitrogen and oxygen atoms in total. The van der Waals surface area contributed by atoms with E-state index in [9.17, 15) is 4.79 Å². The van der Waals surface area contributed by atoms with E-state index < -0.39 is 30.3 Å². The molecule has 5 heterocycles. The molecule has 4 aromatic rings. The Morgan fingerprint density at radius 1 is 1.23 bits per heavy atom. The quantitative estimate of drug-likeness (QED) is 0.268. The van der Waals surface area contributed by atoms with Gasteiger partial charge in [-0.3, -0.25) is 9.36 Å². The average molecular weight is 592 g/mol. The van der Waals surface area contributed by atoms with E-state index in [1.807, 2.05) is 67.6 Å². The first-order valence-electron chi connectivity index (χ1n) is 11.0. The monoisotopic (exact) mass is 592 g/mol. The maximum Gasteiger partial charge on any atom is 0.280 e. The van der Waals surface area contributed by atoms with Crippen LogP contribution in [0.2, 0.25) is 0 Å².